The van der Waals surface area contributed by atoms with Gasteiger partial charge in [-0.05, 0) is 41.7 Å². The van der Waals surface area contributed by atoms with Gasteiger partial charge in [0.25, 0.3) is 0 Å². The van der Waals surface area contributed by atoms with Gasteiger partial charge in [-0.2, -0.15) is 10.4 Å². The molecule has 1 aromatic carbocycles. The maximum atomic E-state index is 9.58. The fourth-order valence-corrected chi connectivity index (χ4v) is 3.31. The van der Waals surface area contributed by atoms with E-state index in [1.807, 2.05) is 18.2 Å². The molecule has 2 aromatic heterocycles. The fourth-order valence-electron chi connectivity index (χ4n) is 3.31. The number of benzene rings is 1. The molecular weight excluding hydrogens is 274 g/mol. The van der Waals surface area contributed by atoms with Gasteiger partial charge >= 0.3 is 0 Å². The zero-order valence-corrected chi connectivity index (χ0v) is 12.0. The fraction of sp³-hybridized carbons (Fsp3) is 0.235. The van der Waals surface area contributed by atoms with E-state index in [1.165, 1.54) is 0 Å². The van der Waals surface area contributed by atoms with Gasteiger partial charge in [-0.15, -0.1) is 0 Å². The molecule has 0 amide bonds. The van der Waals surface area contributed by atoms with Crippen LogP contribution >= 0.6 is 0 Å². The average molecular weight is 289 g/mol. The molecule has 108 valence electrons. The van der Waals surface area contributed by atoms with Crippen molar-refractivity contribution in [3.63, 3.8) is 0 Å². The van der Waals surface area contributed by atoms with Crippen LogP contribution in [0.2, 0.25) is 0 Å². The van der Waals surface area contributed by atoms with Crippen LogP contribution < -0.4 is 5.73 Å². The van der Waals surface area contributed by atoms with Crippen LogP contribution in [0.15, 0.2) is 42.7 Å². The third-order valence-corrected chi connectivity index (χ3v) is 4.52. The lowest BCUT2D eigenvalue weighted by Gasteiger charge is -2.41. The number of H-pyrrole nitrogens is 1. The molecule has 4 rings (SSSR count). The molecule has 1 saturated carbocycles. The van der Waals surface area contributed by atoms with Crippen LogP contribution in [-0.4, -0.2) is 21.2 Å². The van der Waals surface area contributed by atoms with E-state index in [0.29, 0.717) is 0 Å². The van der Waals surface area contributed by atoms with Crippen LogP contribution in [0.5, 0.6) is 0 Å². The van der Waals surface area contributed by atoms with Gasteiger partial charge < -0.3 is 5.73 Å². The summed E-state index contributed by atoms with van der Waals surface area (Å²) in [6.07, 6.45) is 5.00. The molecule has 3 N–H and O–H groups in total. The largest absolute Gasteiger partial charge is 0.328 e. The Balaban J connectivity index is 1.83. The number of nitrogens with one attached hydrogen (secondary N) is 1. The first kappa shape index (κ1) is 13.0. The van der Waals surface area contributed by atoms with Gasteiger partial charge in [0.15, 0.2) is 5.65 Å². The second-order valence-corrected chi connectivity index (χ2v) is 5.93. The van der Waals surface area contributed by atoms with Crippen LogP contribution in [0.25, 0.3) is 22.2 Å². The molecule has 0 bridgehead atoms. The summed E-state index contributed by atoms with van der Waals surface area (Å²) in [7, 11) is 0. The van der Waals surface area contributed by atoms with Crippen LogP contribution in [0.3, 0.4) is 0 Å². The van der Waals surface area contributed by atoms with Gasteiger partial charge in [-0.25, -0.2) is 4.98 Å². The molecule has 0 saturated heterocycles. The van der Waals surface area contributed by atoms with E-state index in [2.05, 4.69) is 33.4 Å². The van der Waals surface area contributed by atoms with Crippen LogP contribution in [0.4, 0.5) is 0 Å². The lowest BCUT2D eigenvalue weighted by atomic mass is 9.62. The normalized spacial score (nSPS) is 23.9. The first-order valence-corrected chi connectivity index (χ1v) is 7.28. The highest BCUT2D eigenvalue weighted by atomic mass is 15.1. The van der Waals surface area contributed by atoms with E-state index in [9.17, 15) is 5.26 Å². The van der Waals surface area contributed by atoms with Crippen molar-refractivity contribution in [2.75, 3.05) is 0 Å². The van der Waals surface area contributed by atoms with E-state index >= 15 is 0 Å². The third kappa shape index (κ3) is 1.81. The molecule has 0 aliphatic heterocycles. The molecule has 0 radical (unpaired) electrons. The SMILES string of the molecule is N#C[C@]1(c2cccc(-c3ccnc4[nH]ncc34)c2)C[C@@H](N)C1. The number of nitriles is 1. The Bertz CT molecular complexity index is 883. The number of nitrogens with zero attached hydrogens (tertiary/aromatic N) is 3. The molecule has 1 aliphatic carbocycles. The topological polar surface area (TPSA) is 91.4 Å². The van der Waals surface area contributed by atoms with Gasteiger partial charge in [0.2, 0.25) is 0 Å². The monoisotopic (exact) mass is 289 g/mol. The predicted octanol–water partition coefficient (Wildman–Crippen LogP) is 2.51. The Morgan fingerprint density at radius 2 is 2.18 bits per heavy atom. The van der Waals surface area contributed by atoms with Gasteiger partial charge in [-0.3, -0.25) is 5.10 Å². The highest BCUT2D eigenvalue weighted by Crippen LogP contribution is 2.43. The number of aromatic nitrogens is 3. The quantitative estimate of drug-likeness (QED) is 0.758. The minimum absolute atomic E-state index is 0.129. The van der Waals surface area contributed by atoms with E-state index in [-0.39, 0.29) is 6.04 Å². The summed E-state index contributed by atoms with van der Waals surface area (Å²) in [5.74, 6) is 0. The summed E-state index contributed by atoms with van der Waals surface area (Å²) in [6.45, 7) is 0. The Morgan fingerprint density at radius 1 is 1.32 bits per heavy atom. The van der Waals surface area contributed by atoms with Crippen molar-refractivity contribution >= 4 is 11.0 Å². The zero-order valence-electron chi connectivity index (χ0n) is 12.0. The minimum Gasteiger partial charge on any atom is -0.328 e. The summed E-state index contributed by atoms with van der Waals surface area (Å²) >= 11 is 0. The molecule has 22 heavy (non-hydrogen) atoms. The second kappa shape index (κ2) is 4.65. The molecular formula is C17H15N5. The van der Waals surface area contributed by atoms with E-state index in [4.69, 9.17) is 5.73 Å². The first-order valence-electron chi connectivity index (χ1n) is 7.28. The van der Waals surface area contributed by atoms with Crippen molar-refractivity contribution in [1.82, 2.24) is 15.2 Å². The highest BCUT2D eigenvalue weighted by molar-refractivity contribution is 5.92. The van der Waals surface area contributed by atoms with Gasteiger partial charge in [0.05, 0.1) is 17.7 Å². The van der Waals surface area contributed by atoms with Gasteiger partial charge in [0, 0.05) is 17.6 Å². The number of rotatable bonds is 2. The predicted molar refractivity (Wildman–Crippen MR) is 83.8 cm³/mol. The average Bonchev–Trinajstić information content (AvgIpc) is 3.00. The summed E-state index contributed by atoms with van der Waals surface area (Å²) in [5.41, 5.74) is 9.42. The van der Waals surface area contributed by atoms with E-state index in [1.54, 1.807) is 12.4 Å². The lowest BCUT2D eigenvalue weighted by molar-refractivity contribution is 0.271. The summed E-state index contributed by atoms with van der Waals surface area (Å²) in [6, 6.07) is 12.7. The molecule has 0 spiro atoms. The molecule has 5 nitrogen and oxygen atoms in total. The molecule has 3 aromatic rings. The van der Waals surface area contributed by atoms with Crippen molar-refractivity contribution in [2.45, 2.75) is 24.3 Å². The molecule has 2 heterocycles. The van der Waals surface area contributed by atoms with Crippen molar-refractivity contribution in [2.24, 2.45) is 5.73 Å². The Hall–Kier alpha value is -2.71. The number of aromatic amines is 1. The summed E-state index contributed by atoms with van der Waals surface area (Å²) in [4.78, 5) is 4.27. The number of hydrogen-bond acceptors (Lipinski definition) is 4. The first-order chi connectivity index (χ1) is 10.7. The van der Waals surface area contributed by atoms with E-state index in [0.717, 1.165) is 40.6 Å². The third-order valence-electron chi connectivity index (χ3n) is 4.52. The Kier molecular flexibility index (Phi) is 2.75. The molecule has 0 unspecified atom stereocenters. The maximum absolute atomic E-state index is 9.58. The molecule has 1 aliphatic rings. The number of pyridine rings is 1. The lowest BCUT2D eigenvalue weighted by Crippen LogP contribution is -2.48. The zero-order chi connectivity index (χ0) is 15.2. The summed E-state index contributed by atoms with van der Waals surface area (Å²) in [5, 5.41) is 17.5. The van der Waals surface area contributed by atoms with Gasteiger partial charge in [0.1, 0.15) is 0 Å². The van der Waals surface area contributed by atoms with Crippen molar-refractivity contribution in [3.8, 4) is 17.2 Å². The molecule has 5 heteroatoms. The van der Waals surface area contributed by atoms with Gasteiger partial charge in [-0.1, -0.05) is 18.2 Å². The maximum Gasteiger partial charge on any atom is 0.155 e. The number of nitrogens with two attached hydrogens (primary N) is 1. The second-order valence-electron chi connectivity index (χ2n) is 5.93. The van der Waals surface area contributed by atoms with Crippen molar-refractivity contribution < 1.29 is 0 Å². The van der Waals surface area contributed by atoms with Crippen molar-refractivity contribution in [3.05, 3.63) is 48.3 Å². The highest BCUT2D eigenvalue weighted by Gasteiger charge is 2.44. The van der Waals surface area contributed by atoms with Crippen LogP contribution in [0.1, 0.15) is 18.4 Å². The van der Waals surface area contributed by atoms with Crippen LogP contribution in [0, 0.1) is 11.3 Å². The molecule has 0 atom stereocenters. The Labute approximate surface area is 127 Å². The van der Waals surface area contributed by atoms with E-state index < -0.39 is 5.41 Å². The molecule has 1 fully saturated rings. The van der Waals surface area contributed by atoms with Crippen LogP contribution in [-0.2, 0) is 5.41 Å². The standard InChI is InChI=1S/C17H15N5/c18-10-17(7-13(19)8-17)12-3-1-2-11(6-12)14-4-5-20-16-15(14)9-21-22-16/h1-6,9,13H,7-8,19H2,(H,20,21,22)/t13-,17+. The smallest absolute Gasteiger partial charge is 0.155 e. The number of fused-ring (bicyclic) bond motifs is 1. The number of hydrogen-bond donors (Lipinski definition) is 2. The minimum atomic E-state index is -0.433. The summed E-state index contributed by atoms with van der Waals surface area (Å²) < 4.78 is 0. The van der Waals surface area contributed by atoms with Crippen molar-refractivity contribution in [1.29, 1.82) is 5.26 Å². The Morgan fingerprint density at radius 3 is 2.95 bits per heavy atom.